The van der Waals surface area contributed by atoms with Crippen molar-refractivity contribution in [3.63, 3.8) is 0 Å². The Kier molecular flexibility index (Phi) is 3.85. The first kappa shape index (κ1) is 10.1. The summed E-state index contributed by atoms with van der Waals surface area (Å²) in [6, 6.07) is 0. The van der Waals surface area contributed by atoms with E-state index in [0.717, 1.165) is 24.2 Å². The van der Waals surface area contributed by atoms with E-state index in [1.165, 1.54) is 0 Å². The maximum atomic E-state index is 5.47. The molecule has 0 saturated heterocycles. The molecule has 0 radical (unpaired) electrons. The van der Waals surface area contributed by atoms with Crippen molar-refractivity contribution >= 4 is 11.6 Å². The predicted octanol–water partition coefficient (Wildman–Crippen LogP) is 2.19. The van der Waals surface area contributed by atoms with Gasteiger partial charge in [0.2, 0.25) is 0 Å². The van der Waals surface area contributed by atoms with Crippen molar-refractivity contribution < 1.29 is 0 Å². The summed E-state index contributed by atoms with van der Waals surface area (Å²) in [6.07, 6.45) is 2.88. The molecule has 1 aromatic heterocycles. The number of hydrogen-bond acceptors (Lipinski definition) is 1. The molecule has 0 amide bonds. The molecule has 0 atom stereocenters. The van der Waals surface area contributed by atoms with Gasteiger partial charge in [0.15, 0.2) is 0 Å². The first-order chi connectivity index (χ1) is 6.29. The molecule has 0 bridgehead atoms. The summed E-state index contributed by atoms with van der Waals surface area (Å²) in [7, 11) is 0. The lowest BCUT2D eigenvalue weighted by molar-refractivity contribution is 0.587. The van der Waals surface area contributed by atoms with Crippen molar-refractivity contribution in [2.45, 2.75) is 26.8 Å². The highest BCUT2D eigenvalue weighted by Gasteiger charge is 2.01. The highest BCUT2D eigenvalue weighted by Crippen LogP contribution is 2.05. The molecule has 0 aromatic carbocycles. The van der Waals surface area contributed by atoms with Crippen LogP contribution < -0.4 is 0 Å². The number of hydrogen-bond donors (Lipinski definition) is 0. The van der Waals surface area contributed by atoms with Gasteiger partial charge in [-0.3, -0.25) is 4.68 Å². The van der Waals surface area contributed by atoms with Crippen LogP contribution in [0.4, 0.5) is 0 Å². The van der Waals surface area contributed by atoms with Crippen LogP contribution in [0.1, 0.15) is 24.6 Å². The van der Waals surface area contributed by atoms with E-state index in [9.17, 15) is 0 Å². The van der Waals surface area contributed by atoms with Gasteiger partial charge in [-0.1, -0.05) is 18.8 Å². The Labute approximate surface area is 83.9 Å². The molecule has 0 aliphatic carbocycles. The number of rotatable bonds is 2. The van der Waals surface area contributed by atoms with Gasteiger partial charge in [-0.25, -0.2) is 0 Å². The maximum absolute atomic E-state index is 5.47. The second kappa shape index (κ2) is 4.94. The smallest absolute Gasteiger partial charge is 0.0839 e. The van der Waals surface area contributed by atoms with Crippen molar-refractivity contribution in [1.82, 2.24) is 9.78 Å². The van der Waals surface area contributed by atoms with Gasteiger partial charge in [0, 0.05) is 6.54 Å². The number of halogens is 1. The third-order valence-electron chi connectivity index (χ3n) is 1.83. The van der Waals surface area contributed by atoms with Crippen molar-refractivity contribution in [2.75, 3.05) is 5.88 Å². The normalized spacial score (nSPS) is 9.46. The zero-order chi connectivity index (χ0) is 9.68. The molecule has 0 aliphatic rings. The summed E-state index contributed by atoms with van der Waals surface area (Å²) < 4.78 is 1.97. The van der Waals surface area contributed by atoms with Crippen molar-refractivity contribution in [1.29, 1.82) is 0 Å². The van der Waals surface area contributed by atoms with Crippen molar-refractivity contribution in [2.24, 2.45) is 0 Å². The minimum absolute atomic E-state index is 0.373. The Morgan fingerprint density at radius 2 is 2.38 bits per heavy atom. The molecule has 70 valence electrons. The number of aromatic nitrogens is 2. The van der Waals surface area contributed by atoms with Crippen LogP contribution in [-0.4, -0.2) is 15.7 Å². The van der Waals surface area contributed by atoms with Crippen molar-refractivity contribution in [3.05, 3.63) is 17.5 Å². The van der Waals surface area contributed by atoms with Gasteiger partial charge in [-0.15, -0.1) is 11.6 Å². The van der Waals surface area contributed by atoms with Crippen molar-refractivity contribution in [3.8, 4) is 11.8 Å². The molecular weight excluding hydrogens is 184 g/mol. The van der Waals surface area contributed by atoms with E-state index < -0.39 is 0 Å². The van der Waals surface area contributed by atoms with E-state index in [1.807, 2.05) is 11.6 Å². The molecule has 1 rings (SSSR count). The van der Waals surface area contributed by atoms with E-state index in [4.69, 9.17) is 11.6 Å². The Bertz CT molecular complexity index is 330. The van der Waals surface area contributed by atoms with Gasteiger partial charge in [0.05, 0.1) is 23.3 Å². The SMILES string of the molecule is CCCn1ncc(C#CCCl)c1C. The van der Waals surface area contributed by atoms with Gasteiger partial charge in [0.1, 0.15) is 0 Å². The summed E-state index contributed by atoms with van der Waals surface area (Å²) in [6.45, 7) is 5.11. The quantitative estimate of drug-likeness (QED) is 0.524. The second-order valence-electron chi connectivity index (χ2n) is 2.80. The van der Waals surface area contributed by atoms with Crippen LogP contribution >= 0.6 is 11.6 Å². The molecule has 0 fully saturated rings. The van der Waals surface area contributed by atoms with Gasteiger partial charge < -0.3 is 0 Å². The highest BCUT2D eigenvalue weighted by atomic mass is 35.5. The first-order valence-corrected chi connectivity index (χ1v) is 4.90. The zero-order valence-electron chi connectivity index (χ0n) is 7.97. The number of alkyl halides is 1. The highest BCUT2D eigenvalue weighted by molar-refractivity contribution is 6.19. The fraction of sp³-hybridized carbons (Fsp3) is 0.500. The molecule has 1 heterocycles. The molecule has 0 aliphatic heterocycles. The Morgan fingerprint density at radius 3 is 3.00 bits per heavy atom. The van der Waals surface area contributed by atoms with E-state index >= 15 is 0 Å². The first-order valence-electron chi connectivity index (χ1n) is 4.36. The summed E-state index contributed by atoms with van der Waals surface area (Å²) in [5.41, 5.74) is 2.11. The predicted molar refractivity (Wildman–Crippen MR) is 54.9 cm³/mol. The fourth-order valence-corrected chi connectivity index (χ4v) is 1.20. The molecule has 1 aromatic rings. The fourth-order valence-electron chi connectivity index (χ4n) is 1.14. The Balaban J connectivity index is 2.86. The van der Waals surface area contributed by atoms with Crippen LogP contribution in [0, 0.1) is 18.8 Å². The van der Waals surface area contributed by atoms with E-state index in [0.29, 0.717) is 5.88 Å². The van der Waals surface area contributed by atoms with Gasteiger partial charge >= 0.3 is 0 Å². The Morgan fingerprint density at radius 1 is 1.62 bits per heavy atom. The monoisotopic (exact) mass is 196 g/mol. The molecule has 0 saturated carbocycles. The van der Waals surface area contributed by atoms with Crippen LogP contribution in [0.15, 0.2) is 6.20 Å². The van der Waals surface area contributed by atoms with Gasteiger partial charge in [-0.2, -0.15) is 5.10 Å². The van der Waals surface area contributed by atoms with Crippen LogP contribution in [0.25, 0.3) is 0 Å². The molecule has 0 N–H and O–H groups in total. The average molecular weight is 197 g/mol. The molecule has 2 nitrogen and oxygen atoms in total. The van der Waals surface area contributed by atoms with E-state index in [1.54, 1.807) is 6.20 Å². The lowest BCUT2D eigenvalue weighted by Crippen LogP contribution is -2.00. The molecule has 0 spiro atoms. The molecular formula is C10H13ClN2. The minimum atomic E-state index is 0.373. The van der Waals surface area contributed by atoms with E-state index in [-0.39, 0.29) is 0 Å². The number of nitrogens with zero attached hydrogens (tertiary/aromatic N) is 2. The summed E-state index contributed by atoms with van der Waals surface area (Å²) in [5.74, 6) is 6.17. The summed E-state index contributed by atoms with van der Waals surface area (Å²) in [4.78, 5) is 0. The average Bonchev–Trinajstić information content (AvgIpc) is 2.46. The summed E-state index contributed by atoms with van der Waals surface area (Å²) in [5, 5.41) is 4.23. The lowest BCUT2D eigenvalue weighted by atomic mass is 10.2. The largest absolute Gasteiger partial charge is 0.269 e. The van der Waals surface area contributed by atoms with Crippen LogP contribution in [-0.2, 0) is 6.54 Å². The van der Waals surface area contributed by atoms with Gasteiger partial charge in [-0.05, 0) is 13.3 Å². The maximum Gasteiger partial charge on any atom is 0.0839 e. The molecule has 0 unspecified atom stereocenters. The second-order valence-corrected chi connectivity index (χ2v) is 3.07. The lowest BCUT2D eigenvalue weighted by Gasteiger charge is -1.99. The topological polar surface area (TPSA) is 17.8 Å². The summed E-state index contributed by atoms with van der Waals surface area (Å²) >= 11 is 5.47. The third-order valence-corrected chi connectivity index (χ3v) is 1.96. The van der Waals surface area contributed by atoms with Gasteiger partial charge in [0.25, 0.3) is 0 Å². The van der Waals surface area contributed by atoms with Crippen LogP contribution in [0.5, 0.6) is 0 Å². The minimum Gasteiger partial charge on any atom is -0.269 e. The Hall–Kier alpha value is -0.940. The third kappa shape index (κ3) is 2.50. The number of aryl methyl sites for hydroxylation is 1. The molecule has 3 heteroatoms. The van der Waals surface area contributed by atoms with Crippen LogP contribution in [0.2, 0.25) is 0 Å². The standard InChI is InChI=1S/C10H13ClN2/c1-3-7-13-9(2)10(8-12-13)5-4-6-11/h8H,3,6-7H2,1-2H3. The zero-order valence-corrected chi connectivity index (χ0v) is 8.73. The van der Waals surface area contributed by atoms with E-state index in [2.05, 4.69) is 23.9 Å². The van der Waals surface area contributed by atoms with Crippen LogP contribution in [0.3, 0.4) is 0 Å². The molecule has 13 heavy (non-hydrogen) atoms.